The highest BCUT2D eigenvalue weighted by Gasteiger charge is 2.42. The Kier molecular flexibility index (Phi) is 4.47. The number of carbonyl (C=O) groups is 1. The summed E-state index contributed by atoms with van der Waals surface area (Å²) in [6.07, 6.45) is 1.55. The van der Waals surface area contributed by atoms with Crippen LogP contribution in [0.25, 0.3) is 11.0 Å². The van der Waals surface area contributed by atoms with E-state index in [0.29, 0.717) is 10.6 Å². The zero-order valence-electron chi connectivity index (χ0n) is 15.3. The summed E-state index contributed by atoms with van der Waals surface area (Å²) in [5, 5.41) is 11.7. The smallest absolute Gasteiger partial charge is 0.291 e. The molecule has 2 heterocycles. The number of halogens is 1. The largest absolute Gasteiger partial charge is 0.450 e. The summed E-state index contributed by atoms with van der Waals surface area (Å²) >= 11 is 6.18. The van der Waals surface area contributed by atoms with Crippen LogP contribution < -0.4 is 5.43 Å². The minimum Gasteiger partial charge on any atom is -0.450 e. The van der Waals surface area contributed by atoms with Gasteiger partial charge in [0, 0.05) is 23.7 Å². The number of nitro benzene ring substituents is 1. The normalized spacial score (nSPS) is 15.6. The van der Waals surface area contributed by atoms with E-state index in [4.69, 9.17) is 16.0 Å². The average molecular weight is 411 g/mol. The van der Waals surface area contributed by atoms with Crippen molar-refractivity contribution >= 4 is 34.2 Å². The van der Waals surface area contributed by atoms with E-state index in [-0.39, 0.29) is 40.0 Å². The molecule has 0 saturated heterocycles. The van der Waals surface area contributed by atoms with Crippen LogP contribution in [-0.2, 0) is 0 Å². The Labute approximate surface area is 170 Å². The van der Waals surface area contributed by atoms with Crippen molar-refractivity contribution in [1.82, 2.24) is 4.90 Å². The molecule has 146 valence electrons. The van der Waals surface area contributed by atoms with Gasteiger partial charge in [0.25, 0.3) is 11.6 Å². The highest BCUT2D eigenvalue weighted by atomic mass is 35.5. The lowest BCUT2D eigenvalue weighted by Gasteiger charge is -2.23. The van der Waals surface area contributed by atoms with Crippen LogP contribution in [0, 0.1) is 17.0 Å². The fraction of sp³-hybridized carbons (Fsp3) is 0.143. The molecule has 0 spiro atoms. The van der Waals surface area contributed by atoms with Crippen molar-refractivity contribution in [2.75, 3.05) is 6.54 Å². The molecule has 1 aliphatic heterocycles. The van der Waals surface area contributed by atoms with Gasteiger partial charge in [-0.2, -0.15) is 0 Å². The fourth-order valence-corrected chi connectivity index (χ4v) is 3.76. The number of nitro groups is 1. The second kappa shape index (κ2) is 6.86. The molecular weight excluding hydrogens is 396 g/mol. The first-order chi connectivity index (χ1) is 13.8. The van der Waals surface area contributed by atoms with Crippen LogP contribution in [0.3, 0.4) is 0 Å². The first kappa shape index (κ1) is 18.9. The molecule has 1 unspecified atom stereocenters. The van der Waals surface area contributed by atoms with Crippen molar-refractivity contribution in [3.63, 3.8) is 0 Å². The molecule has 4 rings (SSSR count). The van der Waals surface area contributed by atoms with E-state index >= 15 is 0 Å². The number of fused-ring (bicyclic) bond motifs is 2. The number of nitrogens with zero attached hydrogens (tertiary/aromatic N) is 2. The van der Waals surface area contributed by atoms with Gasteiger partial charge in [-0.15, -0.1) is 6.58 Å². The van der Waals surface area contributed by atoms with Gasteiger partial charge in [-0.25, -0.2) is 0 Å². The standard InChI is InChI=1S/C21H15ClN2O5/c1-3-8-23-18(12-4-6-13(7-5-12)24(27)28)17-19(25)14-10-15(22)11(2)9-16(14)29-20(17)21(23)26/h3-7,9-10,18H,1,8H2,2H3. The number of non-ortho nitro benzene ring substituents is 1. The number of aryl methyl sites for hydroxylation is 1. The molecule has 0 N–H and O–H groups in total. The summed E-state index contributed by atoms with van der Waals surface area (Å²) in [4.78, 5) is 38.2. The zero-order chi connectivity index (χ0) is 20.9. The predicted molar refractivity (Wildman–Crippen MR) is 108 cm³/mol. The highest BCUT2D eigenvalue weighted by molar-refractivity contribution is 6.32. The van der Waals surface area contributed by atoms with E-state index in [0.717, 1.165) is 5.56 Å². The number of hydrogen-bond acceptors (Lipinski definition) is 5. The number of benzene rings is 2. The molecule has 1 aliphatic rings. The SMILES string of the molecule is C=CCN1C(=O)c2oc3cc(C)c(Cl)cc3c(=O)c2C1c1ccc([N+](=O)[O-])cc1. The molecule has 29 heavy (non-hydrogen) atoms. The monoisotopic (exact) mass is 410 g/mol. The lowest BCUT2D eigenvalue weighted by molar-refractivity contribution is -0.384. The van der Waals surface area contributed by atoms with Gasteiger partial charge in [0.2, 0.25) is 5.76 Å². The lowest BCUT2D eigenvalue weighted by atomic mass is 9.98. The first-order valence-electron chi connectivity index (χ1n) is 8.76. The quantitative estimate of drug-likeness (QED) is 0.361. The van der Waals surface area contributed by atoms with Gasteiger partial charge in [0.1, 0.15) is 5.58 Å². The Balaban J connectivity index is 1.98. The number of carbonyl (C=O) groups excluding carboxylic acids is 1. The molecular formula is C21H15ClN2O5. The van der Waals surface area contributed by atoms with Crippen LogP contribution >= 0.6 is 11.6 Å². The van der Waals surface area contributed by atoms with Crippen molar-refractivity contribution in [3.8, 4) is 0 Å². The molecule has 7 nitrogen and oxygen atoms in total. The lowest BCUT2D eigenvalue weighted by Crippen LogP contribution is -2.29. The van der Waals surface area contributed by atoms with Crippen LogP contribution in [0.1, 0.15) is 33.3 Å². The maximum Gasteiger partial charge on any atom is 0.291 e. The minimum atomic E-state index is -0.739. The van der Waals surface area contributed by atoms with Crippen molar-refractivity contribution < 1.29 is 14.1 Å². The molecule has 0 bridgehead atoms. The van der Waals surface area contributed by atoms with Crippen LogP contribution in [0.5, 0.6) is 0 Å². The molecule has 3 aromatic rings. The van der Waals surface area contributed by atoms with Gasteiger partial charge in [0.15, 0.2) is 5.43 Å². The maximum absolute atomic E-state index is 13.3. The van der Waals surface area contributed by atoms with Gasteiger partial charge >= 0.3 is 0 Å². The summed E-state index contributed by atoms with van der Waals surface area (Å²) in [7, 11) is 0. The van der Waals surface area contributed by atoms with Gasteiger partial charge in [0.05, 0.1) is 21.9 Å². The predicted octanol–water partition coefficient (Wildman–Crippen LogP) is 4.39. The second-order valence-electron chi connectivity index (χ2n) is 6.77. The zero-order valence-corrected chi connectivity index (χ0v) is 16.1. The molecule has 0 saturated carbocycles. The minimum absolute atomic E-state index is 0.0329. The third-order valence-corrected chi connectivity index (χ3v) is 5.40. The van der Waals surface area contributed by atoms with Gasteiger partial charge < -0.3 is 9.32 Å². The van der Waals surface area contributed by atoms with E-state index in [9.17, 15) is 19.7 Å². The Morgan fingerprint density at radius 1 is 1.28 bits per heavy atom. The van der Waals surface area contributed by atoms with Gasteiger partial charge in [-0.05, 0) is 42.3 Å². The van der Waals surface area contributed by atoms with Crippen molar-refractivity contribution in [3.05, 3.63) is 96.9 Å². The molecule has 8 heteroatoms. The Morgan fingerprint density at radius 3 is 2.59 bits per heavy atom. The number of amides is 1. The van der Waals surface area contributed by atoms with Crippen LogP contribution in [-0.4, -0.2) is 22.3 Å². The fourth-order valence-electron chi connectivity index (χ4n) is 3.59. The van der Waals surface area contributed by atoms with E-state index in [1.807, 2.05) is 0 Å². The number of rotatable bonds is 4. The molecule has 0 aliphatic carbocycles. The molecule has 1 amide bonds. The van der Waals surface area contributed by atoms with Crippen LogP contribution in [0.2, 0.25) is 5.02 Å². The summed E-state index contributed by atoms with van der Waals surface area (Å²) in [6, 6.07) is 8.17. The second-order valence-corrected chi connectivity index (χ2v) is 7.18. The Bertz CT molecular complexity index is 1250. The van der Waals surface area contributed by atoms with Crippen LogP contribution in [0.15, 0.2) is 58.3 Å². The third-order valence-electron chi connectivity index (χ3n) is 4.99. The van der Waals surface area contributed by atoms with E-state index in [2.05, 4.69) is 6.58 Å². The highest BCUT2D eigenvalue weighted by Crippen LogP contribution is 2.39. The average Bonchev–Trinajstić information content (AvgIpc) is 2.96. The summed E-state index contributed by atoms with van der Waals surface area (Å²) < 4.78 is 5.83. The molecule has 1 atom stereocenters. The van der Waals surface area contributed by atoms with E-state index in [1.54, 1.807) is 19.1 Å². The summed E-state index contributed by atoms with van der Waals surface area (Å²) in [5.41, 5.74) is 1.33. The summed E-state index contributed by atoms with van der Waals surface area (Å²) in [5.74, 6) is -0.468. The number of hydrogen-bond donors (Lipinski definition) is 0. The topological polar surface area (TPSA) is 93.7 Å². The third kappa shape index (κ3) is 2.91. The van der Waals surface area contributed by atoms with E-state index in [1.165, 1.54) is 35.2 Å². The van der Waals surface area contributed by atoms with Crippen molar-refractivity contribution in [2.24, 2.45) is 0 Å². The van der Waals surface area contributed by atoms with Crippen molar-refractivity contribution in [1.29, 1.82) is 0 Å². The molecule has 0 fully saturated rings. The molecule has 2 aromatic carbocycles. The van der Waals surface area contributed by atoms with Gasteiger partial charge in [-0.1, -0.05) is 17.7 Å². The first-order valence-corrected chi connectivity index (χ1v) is 9.14. The van der Waals surface area contributed by atoms with Gasteiger partial charge in [-0.3, -0.25) is 19.7 Å². The Hall–Kier alpha value is -3.45. The molecule has 1 aromatic heterocycles. The Morgan fingerprint density at radius 2 is 1.97 bits per heavy atom. The maximum atomic E-state index is 13.3. The van der Waals surface area contributed by atoms with Crippen molar-refractivity contribution in [2.45, 2.75) is 13.0 Å². The summed E-state index contributed by atoms with van der Waals surface area (Å²) in [6.45, 7) is 5.64. The van der Waals surface area contributed by atoms with Crippen LogP contribution in [0.4, 0.5) is 5.69 Å². The molecule has 0 radical (unpaired) electrons. The van der Waals surface area contributed by atoms with E-state index < -0.39 is 16.9 Å².